The van der Waals surface area contributed by atoms with Crippen molar-refractivity contribution in [2.24, 2.45) is 5.92 Å². The summed E-state index contributed by atoms with van der Waals surface area (Å²) in [6.45, 7) is 8.66. The SMILES string of the molecule is C[C@H](CC(=O)OC(C)(C)C)Cn1nnc(-c2ccc(OCCc3ccccc3)cc2)n1. The maximum atomic E-state index is 12.0. The molecule has 0 unspecified atom stereocenters. The molecule has 7 heteroatoms. The van der Waals surface area contributed by atoms with E-state index in [1.807, 2.05) is 70.2 Å². The predicted octanol–water partition coefficient (Wildman–Crippen LogP) is 4.33. The normalized spacial score (nSPS) is 12.4. The summed E-state index contributed by atoms with van der Waals surface area (Å²) in [5.74, 6) is 1.17. The van der Waals surface area contributed by atoms with Crippen LogP contribution in [0.15, 0.2) is 54.6 Å². The molecule has 0 bridgehead atoms. The number of hydrogen-bond donors (Lipinski definition) is 0. The first-order valence-electron chi connectivity index (χ1n) is 10.6. The molecule has 164 valence electrons. The zero-order chi connectivity index (χ0) is 22.3. The number of benzene rings is 2. The Kier molecular flexibility index (Phi) is 7.39. The van der Waals surface area contributed by atoms with Gasteiger partial charge >= 0.3 is 5.97 Å². The fourth-order valence-electron chi connectivity index (χ4n) is 3.08. The molecule has 0 aliphatic heterocycles. The van der Waals surface area contributed by atoms with Crippen LogP contribution in [0.25, 0.3) is 11.4 Å². The van der Waals surface area contributed by atoms with Crippen LogP contribution in [-0.4, -0.2) is 38.4 Å². The Bertz CT molecular complexity index is 962. The first kappa shape index (κ1) is 22.5. The standard InChI is InChI=1S/C24H30N4O3/c1-18(16-22(29)31-24(2,3)4)17-28-26-23(25-27-28)20-10-12-21(13-11-20)30-15-14-19-8-6-5-7-9-19/h5-13,18H,14-17H2,1-4H3/t18-/m1/s1. The Balaban J connectivity index is 1.49. The number of nitrogens with zero attached hydrogens (tertiary/aromatic N) is 4. The van der Waals surface area contributed by atoms with Crippen LogP contribution in [0.2, 0.25) is 0 Å². The van der Waals surface area contributed by atoms with Gasteiger partial charge in [-0.1, -0.05) is 37.3 Å². The monoisotopic (exact) mass is 422 g/mol. The Morgan fingerprint density at radius 1 is 1.06 bits per heavy atom. The lowest BCUT2D eigenvalue weighted by Gasteiger charge is -2.20. The first-order valence-corrected chi connectivity index (χ1v) is 10.6. The summed E-state index contributed by atoms with van der Waals surface area (Å²) in [7, 11) is 0. The van der Waals surface area contributed by atoms with E-state index in [2.05, 4.69) is 27.5 Å². The molecule has 0 saturated heterocycles. The summed E-state index contributed by atoms with van der Waals surface area (Å²) in [4.78, 5) is 13.5. The Morgan fingerprint density at radius 3 is 2.45 bits per heavy atom. The van der Waals surface area contributed by atoms with Gasteiger partial charge in [0.25, 0.3) is 0 Å². The summed E-state index contributed by atoms with van der Waals surface area (Å²) in [5.41, 5.74) is 1.63. The minimum atomic E-state index is -0.479. The highest BCUT2D eigenvalue weighted by atomic mass is 16.6. The van der Waals surface area contributed by atoms with Crippen LogP contribution in [-0.2, 0) is 22.5 Å². The molecule has 31 heavy (non-hydrogen) atoms. The second-order valence-corrected chi connectivity index (χ2v) is 8.67. The van der Waals surface area contributed by atoms with Gasteiger partial charge in [-0.25, -0.2) is 0 Å². The molecule has 1 atom stereocenters. The minimum Gasteiger partial charge on any atom is -0.493 e. The average Bonchev–Trinajstić information content (AvgIpc) is 3.16. The minimum absolute atomic E-state index is 0.0392. The van der Waals surface area contributed by atoms with Crippen LogP contribution >= 0.6 is 0 Å². The van der Waals surface area contributed by atoms with Gasteiger partial charge in [-0.05, 0) is 61.7 Å². The van der Waals surface area contributed by atoms with E-state index < -0.39 is 5.60 Å². The van der Waals surface area contributed by atoms with Crippen LogP contribution in [0.3, 0.4) is 0 Å². The highest BCUT2D eigenvalue weighted by Crippen LogP contribution is 2.19. The van der Waals surface area contributed by atoms with Crippen LogP contribution in [0.1, 0.15) is 39.7 Å². The summed E-state index contributed by atoms with van der Waals surface area (Å²) >= 11 is 0. The van der Waals surface area contributed by atoms with Gasteiger partial charge in [0.15, 0.2) is 0 Å². The van der Waals surface area contributed by atoms with Crippen LogP contribution in [0, 0.1) is 5.92 Å². The molecule has 3 aromatic rings. The Hall–Kier alpha value is -3.22. The van der Waals surface area contributed by atoms with Crippen molar-refractivity contribution >= 4 is 5.97 Å². The molecule has 0 radical (unpaired) electrons. The molecule has 0 aliphatic rings. The van der Waals surface area contributed by atoms with Crippen molar-refractivity contribution < 1.29 is 14.3 Å². The highest BCUT2D eigenvalue weighted by Gasteiger charge is 2.19. The van der Waals surface area contributed by atoms with Crippen molar-refractivity contribution in [2.45, 2.75) is 52.7 Å². The van der Waals surface area contributed by atoms with Crippen molar-refractivity contribution in [3.63, 3.8) is 0 Å². The van der Waals surface area contributed by atoms with E-state index in [1.54, 1.807) is 0 Å². The number of aromatic nitrogens is 4. The van der Waals surface area contributed by atoms with Crippen molar-refractivity contribution in [2.75, 3.05) is 6.61 Å². The lowest BCUT2D eigenvalue weighted by atomic mass is 10.1. The number of rotatable bonds is 9. The van der Waals surface area contributed by atoms with E-state index in [9.17, 15) is 4.79 Å². The van der Waals surface area contributed by atoms with E-state index in [0.29, 0.717) is 25.4 Å². The highest BCUT2D eigenvalue weighted by molar-refractivity contribution is 5.70. The van der Waals surface area contributed by atoms with Gasteiger partial charge in [0.1, 0.15) is 11.4 Å². The molecule has 0 amide bonds. The molecule has 0 fully saturated rings. The fourth-order valence-corrected chi connectivity index (χ4v) is 3.08. The summed E-state index contributed by atoms with van der Waals surface area (Å²) in [5, 5.41) is 12.7. The largest absolute Gasteiger partial charge is 0.493 e. The van der Waals surface area contributed by atoms with Gasteiger partial charge in [-0.15, -0.1) is 10.2 Å². The van der Waals surface area contributed by atoms with Crippen molar-refractivity contribution in [3.8, 4) is 17.1 Å². The second kappa shape index (κ2) is 10.2. The van der Waals surface area contributed by atoms with Crippen LogP contribution < -0.4 is 4.74 Å². The number of tetrazole rings is 1. The molecule has 1 heterocycles. The summed E-state index contributed by atoms with van der Waals surface area (Å²) in [6.07, 6.45) is 1.17. The second-order valence-electron chi connectivity index (χ2n) is 8.67. The lowest BCUT2D eigenvalue weighted by molar-refractivity contribution is -0.155. The maximum Gasteiger partial charge on any atom is 0.306 e. The fraction of sp³-hybridized carbons (Fsp3) is 0.417. The third kappa shape index (κ3) is 7.51. The van der Waals surface area contributed by atoms with E-state index in [-0.39, 0.29) is 11.9 Å². The molecule has 3 rings (SSSR count). The number of ether oxygens (including phenoxy) is 2. The van der Waals surface area contributed by atoms with E-state index >= 15 is 0 Å². The third-order valence-corrected chi connectivity index (χ3v) is 4.48. The topological polar surface area (TPSA) is 79.1 Å². The van der Waals surface area contributed by atoms with E-state index in [4.69, 9.17) is 9.47 Å². The number of carbonyl (C=O) groups is 1. The van der Waals surface area contributed by atoms with Crippen molar-refractivity contribution in [3.05, 3.63) is 60.2 Å². The number of esters is 1. The van der Waals surface area contributed by atoms with Crippen molar-refractivity contribution in [1.29, 1.82) is 0 Å². The number of hydrogen-bond acceptors (Lipinski definition) is 6. The molecule has 0 spiro atoms. The van der Waals surface area contributed by atoms with Gasteiger partial charge in [0.2, 0.25) is 5.82 Å². The lowest BCUT2D eigenvalue weighted by Crippen LogP contribution is -2.25. The third-order valence-electron chi connectivity index (χ3n) is 4.48. The van der Waals surface area contributed by atoms with Gasteiger partial charge < -0.3 is 9.47 Å². The predicted molar refractivity (Wildman–Crippen MR) is 119 cm³/mol. The Labute approximate surface area is 183 Å². The van der Waals surface area contributed by atoms with Gasteiger partial charge in [0.05, 0.1) is 13.2 Å². The van der Waals surface area contributed by atoms with Crippen LogP contribution in [0.4, 0.5) is 0 Å². The molecule has 7 nitrogen and oxygen atoms in total. The maximum absolute atomic E-state index is 12.0. The molecule has 1 aromatic heterocycles. The molecule has 0 saturated carbocycles. The van der Waals surface area contributed by atoms with E-state index in [0.717, 1.165) is 17.7 Å². The van der Waals surface area contributed by atoms with Gasteiger partial charge in [-0.2, -0.15) is 4.80 Å². The van der Waals surface area contributed by atoms with Gasteiger partial charge in [-0.3, -0.25) is 4.79 Å². The molecule has 2 aromatic carbocycles. The Morgan fingerprint density at radius 2 is 1.77 bits per heavy atom. The summed E-state index contributed by atoms with van der Waals surface area (Å²) in [6, 6.07) is 17.9. The smallest absolute Gasteiger partial charge is 0.306 e. The quantitative estimate of drug-likeness (QED) is 0.478. The van der Waals surface area contributed by atoms with Crippen molar-refractivity contribution in [1.82, 2.24) is 20.2 Å². The van der Waals surface area contributed by atoms with Crippen LogP contribution in [0.5, 0.6) is 5.75 Å². The zero-order valence-corrected chi connectivity index (χ0v) is 18.6. The molecular weight excluding hydrogens is 392 g/mol. The zero-order valence-electron chi connectivity index (χ0n) is 18.6. The molecular formula is C24H30N4O3. The first-order chi connectivity index (χ1) is 14.8. The number of carbonyl (C=O) groups excluding carboxylic acids is 1. The average molecular weight is 423 g/mol. The van der Waals surface area contributed by atoms with Gasteiger partial charge in [0, 0.05) is 18.4 Å². The molecule has 0 N–H and O–H groups in total. The van der Waals surface area contributed by atoms with E-state index in [1.165, 1.54) is 10.4 Å². The molecule has 0 aliphatic carbocycles. The summed E-state index contributed by atoms with van der Waals surface area (Å²) < 4.78 is 11.2.